The smallest absolute Gasteiger partial charge is 0.343 e. The molecule has 2 aromatic heterocycles. The number of aromatic amines is 1. The zero-order chi connectivity index (χ0) is 22.0. The number of H-pyrrole nitrogens is 1. The molecule has 0 unspecified atom stereocenters. The fourth-order valence-electron chi connectivity index (χ4n) is 3.13. The summed E-state index contributed by atoms with van der Waals surface area (Å²) in [4.78, 5) is 39.8. The molecule has 0 aliphatic carbocycles. The van der Waals surface area contributed by atoms with Crippen LogP contribution in [-0.4, -0.2) is 46.8 Å². The first-order chi connectivity index (χ1) is 15.0. The third-order valence-electron chi connectivity index (χ3n) is 4.72. The van der Waals surface area contributed by atoms with Crippen molar-refractivity contribution in [2.45, 2.75) is 6.54 Å². The van der Waals surface area contributed by atoms with Crippen LogP contribution < -0.4 is 20.5 Å². The first-order valence-electron chi connectivity index (χ1n) is 9.26. The van der Waals surface area contributed by atoms with Crippen molar-refractivity contribution in [2.24, 2.45) is 0 Å². The Morgan fingerprint density at radius 1 is 1.06 bits per heavy atom. The number of aromatic nitrogens is 4. The summed E-state index contributed by atoms with van der Waals surface area (Å²) in [6, 6.07) is 11.8. The number of carbonyl (C=O) groups excluding carboxylic acids is 1. The quantitative estimate of drug-likeness (QED) is 0.460. The topological polar surface area (TPSA) is 125 Å². The summed E-state index contributed by atoms with van der Waals surface area (Å²) in [5, 5.41) is 8.18. The van der Waals surface area contributed by atoms with Gasteiger partial charge in [0, 0.05) is 11.5 Å². The van der Waals surface area contributed by atoms with Crippen molar-refractivity contribution in [3.63, 3.8) is 0 Å². The number of hydrogen-bond acceptors (Lipinski definition) is 8. The number of methoxy groups -OCH3 is 2. The van der Waals surface area contributed by atoms with Gasteiger partial charge in [0.15, 0.2) is 12.1 Å². The third-order valence-corrected chi connectivity index (χ3v) is 4.72. The van der Waals surface area contributed by atoms with Crippen molar-refractivity contribution < 1.29 is 19.0 Å². The van der Waals surface area contributed by atoms with Gasteiger partial charge in [0.1, 0.15) is 17.0 Å². The van der Waals surface area contributed by atoms with E-state index in [1.807, 2.05) is 12.1 Å². The van der Waals surface area contributed by atoms with Gasteiger partial charge in [-0.15, -0.1) is 5.10 Å². The molecule has 31 heavy (non-hydrogen) atoms. The molecule has 4 aromatic rings. The predicted molar refractivity (Wildman–Crippen MR) is 112 cm³/mol. The van der Waals surface area contributed by atoms with Crippen LogP contribution in [0.2, 0.25) is 0 Å². The maximum absolute atomic E-state index is 13.2. The maximum atomic E-state index is 13.2. The molecular formula is C21H18N4O6. The van der Waals surface area contributed by atoms with Crippen LogP contribution in [0.3, 0.4) is 0 Å². The van der Waals surface area contributed by atoms with Gasteiger partial charge in [0.2, 0.25) is 5.43 Å². The Labute approximate surface area is 175 Å². The van der Waals surface area contributed by atoms with Crippen molar-refractivity contribution >= 4 is 27.9 Å². The van der Waals surface area contributed by atoms with Crippen molar-refractivity contribution in [1.29, 1.82) is 0 Å². The van der Waals surface area contributed by atoms with E-state index in [-0.39, 0.29) is 35.1 Å². The third kappa shape index (κ3) is 3.95. The highest BCUT2D eigenvalue weighted by molar-refractivity contribution is 5.87. The molecule has 0 atom stereocenters. The van der Waals surface area contributed by atoms with Gasteiger partial charge in [0.25, 0.3) is 5.56 Å². The van der Waals surface area contributed by atoms with Crippen LogP contribution in [0, 0.1) is 0 Å². The lowest BCUT2D eigenvalue weighted by Gasteiger charge is -2.05. The fourth-order valence-corrected chi connectivity index (χ4v) is 3.13. The lowest BCUT2D eigenvalue weighted by atomic mass is 10.2. The second kappa shape index (κ2) is 8.27. The molecule has 0 radical (unpaired) electrons. The average molecular weight is 422 g/mol. The van der Waals surface area contributed by atoms with E-state index in [9.17, 15) is 14.4 Å². The Kier molecular flexibility index (Phi) is 5.35. The minimum atomic E-state index is -0.562. The molecule has 2 heterocycles. The van der Waals surface area contributed by atoms with Crippen LogP contribution >= 0.6 is 0 Å². The monoisotopic (exact) mass is 422 g/mol. The molecule has 0 fully saturated rings. The number of fused-ring (bicyclic) bond motifs is 2. The van der Waals surface area contributed by atoms with Gasteiger partial charge in [-0.05, 0) is 29.8 Å². The van der Waals surface area contributed by atoms with Crippen molar-refractivity contribution in [1.82, 2.24) is 20.0 Å². The van der Waals surface area contributed by atoms with Crippen molar-refractivity contribution in [2.75, 3.05) is 20.8 Å². The van der Waals surface area contributed by atoms with Gasteiger partial charge in [-0.2, -0.15) is 0 Å². The second-order valence-electron chi connectivity index (χ2n) is 6.65. The molecule has 4 rings (SSSR count). The maximum Gasteiger partial charge on any atom is 0.343 e. The highest BCUT2D eigenvalue weighted by Gasteiger charge is 2.15. The number of nitrogens with zero attached hydrogens (tertiary/aromatic N) is 3. The standard InChI is InChI=1S/C21H18N4O6/c1-29-13-5-3-12(4-6-13)10-25-19-18(23-24-25)21(28)22-16-9-14(31-11-17(26)30-2)7-8-15(16)20(19)27/h3-9H,10-11H2,1-2H3,(H,22,28). The molecule has 0 aliphatic rings. The highest BCUT2D eigenvalue weighted by atomic mass is 16.6. The van der Waals surface area contributed by atoms with Gasteiger partial charge in [0.05, 0.1) is 26.3 Å². The fraction of sp³-hybridized carbons (Fsp3) is 0.190. The molecule has 158 valence electrons. The Bertz CT molecular complexity index is 1390. The number of carbonyl (C=O) groups is 1. The van der Waals surface area contributed by atoms with Crippen LogP contribution in [0.25, 0.3) is 21.9 Å². The van der Waals surface area contributed by atoms with Gasteiger partial charge in [-0.3, -0.25) is 9.59 Å². The molecule has 1 N–H and O–H groups in total. The Morgan fingerprint density at radius 2 is 1.81 bits per heavy atom. The van der Waals surface area contributed by atoms with E-state index in [1.54, 1.807) is 19.2 Å². The zero-order valence-electron chi connectivity index (χ0n) is 16.7. The van der Waals surface area contributed by atoms with E-state index < -0.39 is 17.0 Å². The van der Waals surface area contributed by atoms with Crippen LogP contribution in [0.1, 0.15) is 5.56 Å². The summed E-state index contributed by atoms with van der Waals surface area (Å²) in [7, 11) is 2.83. The molecule has 10 heteroatoms. The number of ether oxygens (including phenoxy) is 3. The number of rotatable bonds is 6. The molecule has 2 aromatic carbocycles. The lowest BCUT2D eigenvalue weighted by Crippen LogP contribution is -2.12. The highest BCUT2D eigenvalue weighted by Crippen LogP contribution is 2.18. The van der Waals surface area contributed by atoms with E-state index in [1.165, 1.54) is 30.0 Å². The summed E-state index contributed by atoms with van der Waals surface area (Å²) < 4.78 is 16.4. The number of nitrogens with one attached hydrogen (secondary N) is 1. The van der Waals surface area contributed by atoms with Crippen LogP contribution in [0.15, 0.2) is 52.1 Å². The number of esters is 1. The largest absolute Gasteiger partial charge is 0.497 e. The Morgan fingerprint density at radius 3 is 2.52 bits per heavy atom. The zero-order valence-corrected chi connectivity index (χ0v) is 16.7. The van der Waals surface area contributed by atoms with Gasteiger partial charge >= 0.3 is 5.97 Å². The molecule has 0 saturated heterocycles. The molecule has 0 bridgehead atoms. The minimum absolute atomic E-state index is 0.0632. The molecule has 10 nitrogen and oxygen atoms in total. The van der Waals surface area contributed by atoms with Crippen LogP contribution in [0.4, 0.5) is 0 Å². The first kappa shape index (κ1) is 20.1. The summed E-state index contributed by atoms with van der Waals surface area (Å²) in [5.41, 5.74) is 0.181. The lowest BCUT2D eigenvalue weighted by molar-refractivity contribution is -0.142. The second-order valence-corrected chi connectivity index (χ2v) is 6.65. The van der Waals surface area contributed by atoms with Crippen LogP contribution in [0.5, 0.6) is 11.5 Å². The molecule has 0 saturated carbocycles. The molecule has 0 amide bonds. The van der Waals surface area contributed by atoms with E-state index in [0.29, 0.717) is 11.5 Å². The number of hydrogen-bond donors (Lipinski definition) is 1. The van der Waals surface area contributed by atoms with E-state index >= 15 is 0 Å². The molecule has 0 spiro atoms. The van der Waals surface area contributed by atoms with E-state index in [2.05, 4.69) is 20.0 Å². The number of benzene rings is 2. The Balaban J connectivity index is 1.80. The van der Waals surface area contributed by atoms with Gasteiger partial charge in [-0.25, -0.2) is 9.48 Å². The molecular weight excluding hydrogens is 404 g/mol. The summed E-state index contributed by atoms with van der Waals surface area (Å²) in [6.45, 7) is -0.0449. The first-order valence-corrected chi connectivity index (χ1v) is 9.26. The van der Waals surface area contributed by atoms with E-state index in [0.717, 1.165) is 5.56 Å². The van der Waals surface area contributed by atoms with Gasteiger partial charge in [-0.1, -0.05) is 17.3 Å². The normalized spacial score (nSPS) is 10.9. The van der Waals surface area contributed by atoms with Crippen LogP contribution in [-0.2, 0) is 16.1 Å². The van der Waals surface area contributed by atoms with E-state index in [4.69, 9.17) is 9.47 Å². The minimum Gasteiger partial charge on any atom is -0.497 e. The summed E-state index contributed by atoms with van der Waals surface area (Å²) >= 11 is 0. The predicted octanol–water partition coefficient (Wildman–Crippen LogP) is 1.24. The van der Waals surface area contributed by atoms with Crippen molar-refractivity contribution in [3.8, 4) is 11.5 Å². The average Bonchev–Trinajstić information content (AvgIpc) is 3.17. The van der Waals surface area contributed by atoms with Gasteiger partial charge < -0.3 is 19.2 Å². The summed E-state index contributed by atoms with van der Waals surface area (Å²) in [6.07, 6.45) is 0. The Hall–Kier alpha value is -4.21. The SMILES string of the molecule is COC(=O)COc1ccc2c(=O)c3c(nnn3Cc3ccc(OC)cc3)c(=O)[nH]c2c1. The summed E-state index contributed by atoms with van der Waals surface area (Å²) in [5.74, 6) is 0.456. The van der Waals surface area contributed by atoms with Crippen molar-refractivity contribution in [3.05, 3.63) is 68.6 Å². The molecule has 0 aliphatic heterocycles.